The van der Waals surface area contributed by atoms with E-state index in [1.54, 1.807) is 18.5 Å². The number of hydrogen-bond donors (Lipinski definition) is 2. The van der Waals surface area contributed by atoms with Gasteiger partial charge in [0.25, 0.3) is 5.91 Å². The third-order valence-corrected chi connectivity index (χ3v) is 3.11. The van der Waals surface area contributed by atoms with Gasteiger partial charge in [-0.25, -0.2) is 4.98 Å². The van der Waals surface area contributed by atoms with Crippen LogP contribution in [0.2, 0.25) is 0 Å². The first-order chi connectivity index (χ1) is 10.1. The number of carbonyl (C=O) groups excluding carboxylic acids is 1. The predicted octanol–water partition coefficient (Wildman–Crippen LogP) is 2.77. The van der Waals surface area contributed by atoms with Crippen LogP contribution in [0.25, 0.3) is 10.9 Å². The van der Waals surface area contributed by atoms with Crippen LogP contribution < -0.4 is 11.1 Å². The van der Waals surface area contributed by atoms with E-state index in [1.807, 2.05) is 37.3 Å². The fourth-order valence-electron chi connectivity index (χ4n) is 2.14. The van der Waals surface area contributed by atoms with Crippen LogP contribution in [-0.2, 0) is 0 Å². The second-order valence-electron chi connectivity index (χ2n) is 4.82. The molecule has 2 aromatic heterocycles. The molecule has 1 amide bonds. The van der Waals surface area contributed by atoms with E-state index in [0.29, 0.717) is 16.9 Å². The Morgan fingerprint density at radius 2 is 2.00 bits per heavy atom. The van der Waals surface area contributed by atoms with Crippen molar-refractivity contribution in [3.63, 3.8) is 0 Å². The Morgan fingerprint density at radius 1 is 1.19 bits per heavy atom. The number of nitrogen functional groups attached to an aromatic ring is 1. The zero-order valence-corrected chi connectivity index (χ0v) is 11.5. The van der Waals surface area contributed by atoms with Gasteiger partial charge in [0.15, 0.2) is 0 Å². The topological polar surface area (TPSA) is 80.9 Å². The Labute approximate surface area is 121 Å². The maximum Gasteiger partial charge on any atom is 0.274 e. The van der Waals surface area contributed by atoms with Crippen molar-refractivity contribution in [3.05, 3.63) is 60.0 Å². The lowest BCUT2D eigenvalue weighted by molar-refractivity contribution is 0.102. The van der Waals surface area contributed by atoms with E-state index in [1.165, 1.54) is 0 Å². The van der Waals surface area contributed by atoms with Crippen LogP contribution in [0, 0.1) is 6.92 Å². The molecule has 0 unspecified atom stereocenters. The molecule has 0 aliphatic carbocycles. The molecular formula is C16H14N4O. The number of nitrogens with one attached hydrogen (secondary N) is 1. The highest BCUT2D eigenvalue weighted by Crippen LogP contribution is 2.20. The first kappa shape index (κ1) is 13.1. The summed E-state index contributed by atoms with van der Waals surface area (Å²) in [5, 5.41) is 3.61. The van der Waals surface area contributed by atoms with E-state index < -0.39 is 0 Å². The number of anilines is 2. The molecule has 0 spiro atoms. The van der Waals surface area contributed by atoms with Crippen molar-refractivity contribution in [1.82, 2.24) is 9.97 Å². The van der Waals surface area contributed by atoms with E-state index in [0.717, 1.165) is 10.9 Å². The standard InChI is InChI=1S/C16H14N4O/c1-10-6-11(9-18-8-10)19-16(21)15-7-13(17)12-4-2-3-5-14(12)20-15/h2-9H,1H3,(H2,17,20)(H,19,21). The molecule has 0 aliphatic heterocycles. The van der Waals surface area contributed by atoms with Crippen LogP contribution in [0.3, 0.4) is 0 Å². The van der Waals surface area contributed by atoms with E-state index >= 15 is 0 Å². The van der Waals surface area contributed by atoms with Gasteiger partial charge in [0.2, 0.25) is 0 Å². The minimum atomic E-state index is -0.306. The van der Waals surface area contributed by atoms with E-state index in [4.69, 9.17) is 5.73 Å². The van der Waals surface area contributed by atoms with Gasteiger partial charge in [0.05, 0.1) is 17.4 Å². The number of pyridine rings is 2. The molecule has 5 heteroatoms. The molecule has 3 N–H and O–H groups in total. The van der Waals surface area contributed by atoms with Crippen molar-refractivity contribution in [2.75, 3.05) is 11.1 Å². The first-order valence-corrected chi connectivity index (χ1v) is 6.52. The minimum Gasteiger partial charge on any atom is -0.398 e. The van der Waals surface area contributed by atoms with Crippen LogP contribution in [0.4, 0.5) is 11.4 Å². The van der Waals surface area contributed by atoms with Gasteiger partial charge in [-0.3, -0.25) is 9.78 Å². The monoisotopic (exact) mass is 278 g/mol. The van der Waals surface area contributed by atoms with Gasteiger partial charge in [0, 0.05) is 17.3 Å². The Morgan fingerprint density at radius 3 is 2.81 bits per heavy atom. The zero-order chi connectivity index (χ0) is 14.8. The average molecular weight is 278 g/mol. The van der Waals surface area contributed by atoms with Crippen molar-refractivity contribution in [2.24, 2.45) is 0 Å². The van der Waals surface area contributed by atoms with Gasteiger partial charge in [-0.05, 0) is 30.7 Å². The van der Waals surface area contributed by atoms with Crippen LogP contribution >= 0.6 is 0 Å². The van der Waals surface area contributed by atoms with Gasteiger partial charge in [-0.2, -0.15) is 0 Å². The number of hydrogen-bond acceptors (Lipinski definition) is 4. The third kappa shape index (κ3) is 2.67. The van der Waals surface area contributed by atoms with E-state index in [9.17, 15) is 4.79 Å². The molecule has 104 valence electrons. The summed E-state index contributed by atoms with van der Waals surface area (Å²) in [6.45, 7) is 1.91. The molecule has 0 aliphatic rings. The fourth-order valence-corrected chi connectivity index (χ4v) is 2.14. The molecule has 21 heavy (non-hydrogen) atoms. The van der Waals surface area contributed by atoms with Gasteiger partial charge < -0.3 is 11.1 Å². The number of para-hydroxylation sites is 1. The highest BCUT2D eigenvalue weighted by molar-refractivity contribution is 6.05. The van der Waals surface area contributed by atoms with Gasteiger partial charge in [-0.1, -0.05) is 18.2 Å². The fraction of sp³-hybridized carbons (Fsp3) is 0.0625. The Bertz CT molecular complexity index is 829. The van der Waals surface area contributed by atoms with Crippen molar-refractivity contribution in [2.45, 2.75) is 6.92 Å². The van der Waals surface area contributed by atoms with Crippen LogP contribution in [0.15, 0.2) is 48.8 Å². The lowest BCUT2D eigenvalue weighted by Crippen LogP contribution is -2.14. The molecule has 1 aromatic carbocycles. The maximum absolute atomic E-state index is 12.3. The lowest BCUT2D eigenvalue weighted by atomic mass is 10.1. The van der Waals surface area contributed by atoms with Crippen LogP contribution in [-0.4, -0.2) is 15.9 Å². The molecule has 0 saturated heterocycles. The first-order valence-electron chi connectivity index (χ1n) is 6.52. The van der Waals surface area contributed by atoms with Crippen LogP contribution in [0.5, 0.6) is 0 Å². The summed E-state index contributed by atoms with van der Waals surface area (Å²) in [6.07, 6.45) is 3.32. The summed E-state index contributed by atoms with van der Waals surface area (Å²) in [5.74, 6) is -0.306. The number of aromatic nitrogens is 2. The highest BCUT2D eigenvalue weighted by atomic mass is 16.1. The number of rotatable bonds is 2. The van der Waals surface area contributed by atoms with Crippen molar-refractivity contribution in [1.29, 1.82) is 0 Å². The van der Waals surface area contributed by atoms with Gasteiger partial charge >= 0.3 is 0 Å². The predicted molar refractivity (Wildman–Crippen MR) is 83.1 cm³/mol. The Hall–Kier alpha value is -2.95. The molecule has 3 aromatic rings. The van der Waals surface area contributed by atoms with Gasteiger partial charge in [-0.15, -0.1) is 0 Å². The third-order valence-electron chi connectivity index (χ3n) is 3.11. The zero-order valence-electron chi connectivity index (χ0n) is 11.5. The molecular weight excluding hydrogens is 264 g/mol. The number of amides is 1. The molecule has 5 nitrogen and oxygen atoms in total. The largest absolute Gasteiger partial charge is 0.398 e. The number of nitrogens with zero attached hydrogens (tertiary/aromatic N) is 2. The smallest absolute Gasteiger partial charge is 0.274 e. The van der Waals surface area contributed by atoms with Crippen molar-refractivity contribution < 1.29 is 4.79 Å². The molecule has 3 rings (SSSR count). The summed E-state index contributed by atoms with van der Waals surface area (Å²) in [6, 6.07) is 10.9. The normalized spacial score (nSPS) is 10.5. The SMILES string of the molecule is Cc1cncc(NC(=O)c2cc(N)c3ccccc3n2)c1. The highest BCUT2D eigenvalue weighted by Gasteiger charge is 2.11. The molecule has 0 fully saturated rings. The summed E-state index contributed by atoms with van der Waals surface area (Å²) < 4.78 is 0. The van der Waals surface area contributed by atoms with E-state index in [2.05, 4.69) is 15.3 Å². The van der Waals surface area contributed by atoms with Gasteiger partial charge in [0.1, 0.15) is 5.69 Å². The van der Waals surface area contributed by atoms with E-state index in [-0.39, 0.29) is 11.6 Å². The molecule has 0 saturated carbocycles. The van der Waals surface area contributed by atoms with Crippen molar-refractivity contribution in [3.8, 4) is 0 Å². The molecule has 0 atom stereocenters. The number of aryl methyl sites for hydroxylation is 1. The average Bonchev–Trinajstić information content (AvgIpc) is 2.47. The summed E-state index contributed by atoms with van der Waals surface area (Å²) in [4.78, 5) is 20.6. The Balaban J connectivity index is 1.94. The lowest BCUT2D eigenvalue weighted by Gasteiger charge is -2.07. The second-order valence-corrected chi connectivity index (χ2v) is 4.82. The van der Waals surface area contributed by atoms with Crippen molar-refractivity contribution >= 4 is 28.2 Å². The quantitative estimate of drug-likeness (QED) is 0.755. The second kappa shape index (κ2) is 5.20. The van der Waals surface area contributed by atoms with Crippen LogP contribution in [0.1, 0.15) is 16.1 Å². The number of fused-ring (bicyclic) bond motifs is 1. The molecule has 0 radical (unpaired) electrons. The molecule has 2 heterocycles. The summed E-state index contributed by atoms with van der Waals surface area (Å²) >= 11 is 0. The minimum absolute atomic E-state index is 0.285. The molecule has 0 bridgehead atoms. The Kier molecular flexibility index (Phi) is 3.23. The maximum atomic E-state index is 12.3. The number of carbonyl (C=O) groups is 1. The number of benzene rings is 1. The number of nitrogens with two attached hydrogens (primary N) is 1. The summed E-state index contributed by atoms with van der Waals surface area (Å²) in [7, 11) is 0. The summed E-state index contributed by atoms with van der Waals surface area (Å²) in [5.41, 5.74) is 9.10.